The molecule has 0 spiro atoms. The number of sulfonamides is 1. The Balaban J connectivity index is 1.93. The second kappa shape index (κ2) is 8.40. The van der Waals surface area contributed by atoms with E-state index in [0.717, 1.165) is 26.9 Å². The van der Waals surface area contributed by atoms with E-state index in [4.69, 9.17) is 19.4 Å². The number of nitrogens with one attached hydrogen (secondary N) is 1. The molecule has 31 heavy (non-hydrogen) atoms. The zero-order chi connectivity index (χ0) is 22.2. The molecule has 0 unspecified atom stereocenters. The van der Waals surface area contributed by atoms with E-state index >= 15 is 0 Å². The number of pyridine rings is 1. The number of hydrogen-bond acceptors (Lipinski definition) is 9. The zero-order valence-corrected chi connectivity index (χ0v) is 19.1. The highest BCUT2D eigenvalue weighted by Crippen LogP contribution is 2.39. The van der Waals surface area contributed by atoms with Gasteiger partial charge in [0.25, 0.3) is 0 Å². The van der Waals surface area contributed by atoms with E-state index in [1.165, 1.54) is 7.11 Å². The molecule has 1 N–H and O–H groups in total. The summed E-state index contributed by atoms with van der Waals surface area (Å²) >= 11 is 1.57. The predicted octanol–water partition coefficient (Wildman–Crippen LogP) is 2.92. The molecule has 9 nitrogen and oxygen atoms in total. The van der Waals surface area contributed by atoms with Gasteiger partial charge in [0.05, 0.1) is 42.5 Å². The monoisotopic (exact) mass is 461 g/mol. The first-order chi connectivity index (χ1) is 14.8. The van der Waals surface area contributed by atoms with Gasteiger partial charge in [-0.3, -0.25) is 4.72 Å². The lowest BCUT2D eigenvalue weighted by Crippen LogP contribution is -2.37. The van der Waals surface area contributed by atoms with Crippen molar-refractivity contribution in [3.63, 3.8) is 0 Å². The van der Waals surface area contributed by atoms with Crippen molar-refractivity contribution in [1.29, 1.82) is 0 Å². The number of fused-ring (bicyclic) bond motifs is 1. The van der Waals surface area contributed by atoms with Crippen molar-refractivity contribution in [2.75, 3.05) is 49.3 Å². The Labute approximate surface area is 184 Å². The number of ether oxygens (including phenoxy) is 2. The molecule has 1 aliphatic rings. The van der Waals surface area contributed by atoms with E-state index in [2.05, 4.69) is 21.2 Å². The minimum Gasteiger partial charge on any atom is -0.480 e. The van der Waals surface area contributed by atoms with Crippen molar-refractivity contribution in [2.24, 2.45) is 0 Å². The van der Waals surface area contributed by atoms with Gasteiger partial charge in [-0.2, -0.15) is 0 Å². The van der Waals surface area contributed by atoms with Crippen LogP contribution in [0, 0.1) is 6.92 Å². The van der Waals surface area contributed by atoms with Crippen LogP contribution in [-0.4, -0.2) is 63.0 Å². The third-order valence-corrected chi connectivity index (χ3v) is 6.56. The quantitative estimate of drug-likeness (QED) is 0.597. The fourth-order valence-corrected chi connectivity index (χ4v) is 5.11. The topological polar surface area (TPSA) is 107 Å². The Morgan fingerprint density at radius 1 is 1.32 bits per heavy atom. The first kappa shape index (κ1) is 21.5. The molecule has 0 bridgehead atoms. The molecule has 1 saturated heterocycles. The number of hydrogen-bond donors (Lipinski definition) is 1. The normalized spacial score (nSPS) is 14.6. The Hall–Kier alpha value is -2.76. The zero-order valence-electron chi connectivity index (χ0n) is 17.5. The van der Waals surface area contributed by atoms with Crippen molar-refractivity contribution < 1.29 is 17.9 Å². The van der Waals surface area contributed by atoms with E-state index in [9.17, 15) is 8.42 Å². The molecule has 3 aromatic rings. The van der Waals surface area contributed by atoms with E-state index in [1.807, 2.05) is 6.92 Å². The fraction of sp³-hybridized carbons (Fsp3) is 0.350. The molecule has 0 amide bonds. The SMILES string of the molecule is C=Cc1c(C)sc2c(-c3cnc(OC)c(NS(C)(=O)=O)c3)nc(N3CCOCC3)nc12. The third kappa shape index (κ3) is 4.34. The molecular weight excluding hydrogens is 438 g/mol. The van der Waals surface area contributed by atoms with Crippen LogP contribution in [0.15, 0.2) is 18.8 Å². The highest BCUT2D eigenvalue weighted by atomic mass is 32.2. The second-order valence-corrected chi connectivity index (χ2v) is 10.1. The fourth-order valence-electron chi connectivity index (χ4n) is 3.45. The summed E-state index contributed by atoms with van der Waals surface area (Å²) in [6.07, 6.45) is 4.51. The van der Waals surface area contributed by atoms with E-state index < -0.39 is 10.0 Å². The molecule has 4 rings (SSSR count). The summed E-state index contributed by atoms with van der Waals surface area (Å²) in [5.74, 6) is 0.780. The minimum absolute atomic E-state index is 0.182. The average Bonchev–Trinajstić information content (AvgIpc) is 3.07. The summed E-state index contributed by atoms with van der Waals surface area (Å²) in [6.45, 7) is 8.57. The molecular formula is C20H23N5O4S2. The van der Waals surface area contributed by atoms with Gasteiger partial charge in [0, 0.05) is 35.3 Å². The van der Waals surface area contributed by atoms with Crippen LogP contribution in [-0.2, 0) is 14.8 Å². The van der Waals surface area contributed by atoms with Gasteiger partial charge in [0.2, 0.25) is 21.9 Å². The standard InChI is InChI=1S/C20H23N5O4S2/c1-5-14-12(2)30-18-16(22-20(23-17(14)18)25-6-8-29-9-7-25)13-10-15(24-31(4,26)27)19(28-3)21-11-13/h5,10-11,24H,1,6-9H2,2-4H3. The van der Waals surface area contributed by atoms with Gasteiger partial charge < -0.3 is 14.4 Å². The van der Waals surface area contributed by atoms with Crippen molar-refractivity contribution in [1.82, 2.24) is 15.0 Å². The maximum Gasteiger partial charge on any atom is 0.238 e. The smallest absolute Gasteiger partial charge is 0.238 e. The first-order valence-electron chi connectivity index (χ1n) is 9.59. The molecule has 3 aromatic heterocycles. The summed E-state index contributed by atoms with van der Waals surface area (Å²) in [5.41, 5.74) is 3.37. The molecule has 1 fully saturated rings. The Morgan fingerprint density at radius 2 is 2.06 bits per heavy atom. The Morgan fingerprint density at radius 3 is 2.71 bits per heavy atom. The molecule has 1 aliphatic heterocycles. The second-order valence-electron chi connectivity index (χ2n) is 7.08. The lowest BCUT2D eigenvalue weighted by atomic mass is 10.1. The number of rotatable bonds is 6. The van der Waals surface area contributed by atoms with Gasteiger partial charge in [-0.05, 0) is 13.0 Å². The van der Waals surface area contributed by atoms with Crippen LogP contribution in [0.2, 0.25) is 0 Å². The van der Waals surface area contributed by atoms with Crippen LogP contribution in [0.25, 0.3) is 27.6 Å². The number of aryl methyl sites for hydroxylation is 1. The highest BCUT2D eigenvalue weighted by molar-refractivity contribution is 7.92. The summed E-state index contributed by atoms with van der Waals surface area (Å²) < 4.78 is 37.7. The van der Waals surface area contributed by atoms with Crippen LogP contribution in [0.5, 0.6) is 5.88 Å². The number of nitrogens with zero attached hydrogens (tertiary/aromatic N) is 4. The number of thiophene rings is 1. The van der Waals surface area contributed by atoms with Crippen LogP contribution in [0.4, 0.5) is 11.6 Å². The Kier molecular flexibility index (Phi) is 5.82. The molecule has 0 saturated carbocycles. The number of morpholine rings is 1. The van der Waals surface area contributed by atoms with Crippen molar-refractivity contribution in [3.05, 3.63) is 29.3 Å². The van der Waals surface area contributed by atoms with Crippen LogP contribution in [0.3, 0.4) is 0 Å². The lowest BCUT2D eigenvalue weighted by molar-refractivity contribution is 0.122. The third-order valence-electron chi connectivity index (χ3n) is 4.85. The molecule has 0 atom stereocenters. The predicted molar refractivity (Wildman–Crippen MR) is 124 cm³/mol. The van der Waals surface area contributed by atoms with Crippen molar-refractivity contribution >= 4 is 49.3 Å². The van der Waals surface area contributed by atoms with Gasteiger partial charge >= 0.3 is 0 Å². The molecule has 0 aromatic carbocycles. The Bertz CT molecular complexity index is 1250. The van der Waals surface area contributed by atoms with Crippen LogP contribution in [0.1, 0.15) is 10.4 Å². The number of aromatic nitrogens is 3. The van der Waals surface area contributed by atoms with Crippen LogP contribution < -0.4 is 14.4 Å². The van der Waals surface area contributed by atoms with Crippen LogP contribution >= 0.6 is 11.3 Å². The average molecular weight is 462 g/mol. The molecule has 0 aliphatic carbocycles. The van der Waals surface area contributed by atoms with Crippen molar-refractivity contribution in [3.8, 4) is 17.1 Å². The molecule has 0 radical (unpaired) electrons. The van der Waals surface area contributed by atoms with E-state index in [-0.39, 0.29) is 11.6 Å². The molecule has 11 heteroatoms. The number of anilines is 2. The number of methoxy groups -OCH3 is 1. The van der Waals surface area contributed by atoms with Gasteiger partial charge in [0.15, 0.2) is 0 Å². The largest absolute Gasteiger partial charge is 0.480 e. The van der Waals surface area contributed by atoms with E-state index in [0.29, 0.717) is 43.5 Å². The summed E-state index contributed by atoms with van der Waals surface area (Å²) in [7, 11) is -2.08. The summed E-state index contributed by atoms with van der Waals surface area (Å²) in [4.78, 5) is 17.1. The molecule has 4 heterocycles. The lowest BCUT2D eigenvalue weighted by Gasteiger charge is -2.27. The van der Waals surface area contributed by atoms with Gasteiger partial charge in [-0.1, -0.05) is 12.7 Å². The summed E-state index contributed by atoms with van der Waals surface area (Å²) in [5, 5.41) is 0. The van der Waals surface area contributed by atoms with Gasteiger partial charge in [-0.25, -0.2) is 23.4 Å². The first-order valence-corrected chi connectivity index (χ1v) is 12.3. The maximum absolute atomic E-state index is 11.8. The summed E-state index contributed by atoms with van der Waals surface area (Å²) in [6, 6.07) is 1.68. The molecule has 164 valence electrons. The van der Waals surface area contributed by atoms with Crippen molar-refractivity contribution in [2.45, 2.75) is 6.92 Å². The highest BCUT2D eigenvalue weighted by Gasteiger charge is 2.22. The maximum atomic E-state index is 11.8. The van der Waals surface area contributed by atoms with Gasteiger partial charge in [-0.15, -0.1) is 11.3 Å². The van der Waals surface area contributed by atoms with E-state index in [1.54, 1.807) is 29.7 Å². The van der Waals surface area contributed by atoms with Gasteiger partial charge in [0.1, 0.15) is 5.69 Å². The minimum atomic E-state index is -3.52.